The van der Waals surface area contributed by atoms with Gasteiger partial charge >= 0.3 is 5.69 Å². The lowest BCUT2D eigenvalue weighted by molar-refractivity contribution is -0.384. The number of benzene rings is 1. The Balaban J connectivity index is 2.23. The molecule has 0 aliphatic rings. The van der Waals surface area contributed by atoms with Crippen LogP contribution < -0.4 is 10.6 Å². The molecule has 0 aliphatic carbocycles. The molecule has 0 aliphatic heterocycles. The molecule has 0 saturated heterocycles. The summed E-state index contributed by atoms with van der Waals surface area (Å²) < 4.78 is 0. The SMILES string of the molecule is CCCNc1nc(Nc2ccc(Cl)cc2)ncc1[N+](=O)[O-]. The zero-order valence-electron chi connectivity index (χ0n) is 11.3. The second-order valence-corrected chi connectivity index (χ2v) is 4.68. The Labute approximate surface area is 126 Å². The van der Waals surface area contributed by atoms with E-state index in [9.17, 15) is 10.1 Å². The van der Waals surface area contributed by atoms with E-state index in [1.54, 1.807) is 24.3 Å². The molecule has 1 aromatic heterocycles. The highest BCUT2D eigenvalue weighted by Crippen LogP contribution is 2.23. The predicted molar refractivity (Wildman–Crippen MR) is 82.2 cm³/mol. The third-order valence-electron chi connectivity index (χ3n) is 2.61. The highest BCUT2D eigenvalue weighted by Gasteiger charge is 2.16. The molecule has 0 spiro atoms. The van der Waals surface area contributed by atoms with E-state index < -0.39 is 4.92 Å². The van der Waals surface area contributed by atoms with Crippen molar-refractivity contribution in [3.63, 3.8) is 0 Å². The summed E-state index contributed by atoms with van der Waals surface area (Å²) in [6.45, 7) is 2.56. The van der Waals surface area contributed by atoms with E-state index in [4.69, 9.17) is 11.6 Å². The van der Waals surface area contributed by atoms with Crippen LogP contribution in [-0.4, -0.2) is 21.4 Å². The fraction of sp³-hybridized carbons (Fsp3) is 0.231. The number of hydrogen-bond donors (Lipinski definition) is 2. The van der Waals surface area contributed by atoms with Gasteiger partial charge in [-0.3, -0.25) is 10.1 Å². The van der Waals surface area contributed by atoms with Crippen LogP contribution in [0.3, 0.4) is 0 Å². The Morgan fingerprint density at radius 1 is 1.33 bits per heavy atom. The fourth-order valence-electron chi connectivity index (χ4n) is 1.61. The van der Waals surface area contributed by atoms with Gasteiger partial charge in [-0.15, -0.1) is 0 Å². The van der Waals surface area contributed by atoms with E-state index in [1.807, 2.05) is 6.92 Å². The third-order valence-corrected chi connectivity index (χ3v) is 2.86. The van der Waals surface area contributed by atoms with Crippen molar-refractivity contribution in [2.24, 2.45) is 0 Å². The van der Waals surface area contributed by atoms with Gasteiger partial charge in [0, 0.05) is 17.3 Å². The van der Waals surface area contributed by atoms with Crippen LogP contribution in [0.15, 0.2) is 30.5 Å². The van der Waals surface area contributed by atoms with Gasteiger partial charge in [0.25, 0.3) is 0 Å². The van der Waals surface area contributed by atoms with Crippen LogP contribution in [0.1, 0.15) is 13.3 Å². The molecule has 0 radical (unpaired) electrons. The first-order chi connectivity index (χ1) is 10.1. The maximum absolute atomic E-state index is 10.9. The van der Waals surface area contributed by atoms with Gasteiger partial charge in [-0.1, -0.05) is 18.5 Å². The van der Waals surface area contributed by atoms with Crippen LogP contribution >= 0.6 is 11.6 Å². The van der Waals surface area contributed by atoms with Gasteiger partial charge in [0.15, 0.2) is 0 Å². The van der Waals surface area contributed by atoms with Crippen molar-refractivity contribution in [2.75, 3.05) is 17.2 Å². The number of anilines is 3. The number of nitro groups is 1. The van der Waals surface area contributed by atoms with Crippen LogP contribution in [0, 0.1) is 10.1 Å². The number of rotatable bonds is 6. The van der Waals surface area contributed by atoms with Gasteiger partial charge in [-0.2, -0.15) is 4.98 Å². The zero-order valence-corrected chi connectivity index (χ0v) is 12.1. The van der Waals surface area contributed by atoms with Gasteiger partial charge in [-0.05, 0) is 30.7 Å². The maximum Gasteiger partial charge on any atom is 0.329 e. The van der Waals surface area contributed by atoms with Crippen LogP contribution in [0.25, 0.3) is 0 Å². The minimum Gasteiger partial charge on any atom is -0.364 e. The van der Waals surface area contributed by atoms with Crippen LogP contribution in [0.4, 0.5) is 23.1 Å². The number of nitrogens with zero attached hydrogens (tertiary/aromatic N) is 3. The standard InChI is InChI=1S/C13H14ClN5O2/c1-2-7-15-12-11(19(20)21)8-16-13(18-12)17-10-5-3-9(14)4-6-10/h3-6,8H,2,7H2,1H3,(H2,15,16,17,18). The number of aromatic nitrogens is 2. The number of hydrogen-bond acceptors (Lipinski definition) is 6. The van der Waals surface area contributed by atoms with Gasteiger partial charge in [0.05, 0.1) is 4.92 Å². The van der Waals surface area contributed by atoms with Crippen molar-refractivity contribution in [3.05, 3.63) is 45.6 Å². The van der Waals surface area contributed by atoms with Crippen LogP contribution in [-0.2, 0) is 0 Å². The summed E-state index contributed by atoms with van der Waals surface area (Å²) in [6, 6.07) is 7.00. The smallest absolute Gasteiger partial charge is 0.329 e. The molecule has 1 aromatic carbocycles. The Hall–Kier alpha value is -2.41. The summed E-state index contributed by atoms with van der Waals surface area (Å²) in [4.78, 5) is 18.5. The van der Waals surface area contributed by atoms with Gasteiger partial charge < -0.3 is 10.6 Å². The normalized spacial score (nSPS) is 10.2. The second kappa shape index (κ2) is 6.85. The molecule has 21 heavy (non-hydrogen) atoms. The van der Waals surface area contributed by atoms with Crippen molar-refractivity contribution >= 4 is 34.7 Å². The minimum absolute atomic E-state index is 0.148. The minimum atomic E-state index is -0.510. The first-order valence-electron chi connectivity index (χ1n) is 6.38. The number of nitrogens with one attached hydrogen (secondary N) is 2. The van der Waals surface area contributed by atoms with Gasteiger partial charge in [0.1, 0.15) is 6.20 Å². The van der Waals surface area contributed by atoms with Crippen LogP contribution in [0.5, 0.6) is 0 Å². The second-order valence-electron chi connectivity index (χ2n) is 4.24. The first kappa shape index (κ1) is 15.0. The lowest BCUT2D eigenvalue weighted by Crippen LogP contribution is -2.08. The molecule has 0 atom stereocenters. The molecule has 0 bridgehead atoms. The van der Waals surface area contributed by atoms with E-state index in [0.717, 1.165) is 12.1 Å². The van der Waals surface area contributed by atoms with Crippen molar-refractivity contribution < 1.29 is 4.92 Å². The van der Waals surface area contributed by atoms with E-state index in [1.165, 1.54) is 6.20 Å². The van der Waals surface area contributed by atoms with Gasteiger partial charge in [-0.25, -0.2) is 4.98 Å². The molecular formula is C13H14ClN5O2. The fourth-order valence-corrected chi connectivity index (χ4v) is 1.73. The summed E-state index contributed by atoms with van der Waals surface area (Å²) >= 11 is 5.81. The lowest BCUT2D eigenvalue weighted by Gasteiger charge is -2.08. The van der Waals surface area contributed by atoms with Crippen molar-refractivity contribution in [1.82, 2.24) is 9.97 Å². The highest BCUT2D eigenvalue weighted by atomic mass is 35.5. The summed E-state index contributed by atoms with van der Waals surface area (Å²) in [5.74, 6) is 0.481. The van der Waals surface area contributed by atoms with E-state index in [2.05, 4.69) is 20.6 Å². The molecule has 0 amide bonds. The summed E-state index contributed by atoms with van der Waals surface area (Å²) in [6.07, 6.45) is 2.02. The molecule has 0 fully saturated rings. The Kier molecular flexibility index (Phi) is 4.89. The Morgan fingerprint density at radius 3 is 2.67 bits per heavy atom. The predicted octanol–water partition coefficient (Wildman–Crippen LogP) is 3.60. The molecule has 1 heterocycles. The average molecular weight is 308 g/mol. The largest absolute Gasteiger partial charge is 0.364 e. The third kappa shape index (κ3) is 4.03. The van der Waals surface area contributed by atoms with Crippen molar-refractivity contribution in [3.8, 4) is 0 Å². The molecular weight excluding hydrogens is 294 g/mol. The molecule has 0 unspecified atom stereocenters. The monoisotopic (exact) mass is 307 g/mol. The average Bonchev–Trinajstić information content (AvgIpc) is 2.47. The Morgan fingerprint density at radius 2 is 2.05 bits per heavy atom. The maximum atomic E-state index is 10.9. The summed E-state index contributed by atoms with van der Waals surface area (Å²) in [5.41, 5.74) is 0.597. The van der Waals surface area contributed by atoms with E-state index in [-0.39, 0.29) is 17.5 Å². The van der Waals surface area contributed by atoms with Crippen molar-refractivity contribution in [1.29, 1.82) is 0 Å². The van der Waals surface area contributed by atoms with Gasteiger partial charge in [0.2, 0.25) is 11.8 Å². The van der Waals surface area contributed by atoms with Crippen molar-refractivity contribution in [2.45, 2.75) is 13.3 Å². The molecule has 7 nitrogen and oxygen atoms in total. The Bertz CT molecular complexity index is 633. The highest BCUT2D eigenvalue weighted by molar-refractivity contribution is 6.30. The molecule has 110 valence electrons. The molecule has 8 heteroatoms. The lowest BCUT2D eigenvalue weighted by atomic mass is 10.3. The van der Waals surface area contributed by atoms with Crippen LogP contribution in [0.2, 0.25) is 5.02 Å². The molecule has 2 N–H and O–H groups in total. The molecule has 0 saturated carbocycles. The quantitative estimate of drug-likeness (QED) is 0.625. The summed E-state index contributed by atoms with van der Waals surface area (Å²) in [5, 5.41) is 17.5. The topological polar surface area (TPSA) is 93.0 Å². The molecule has 2 rings (SSSR count). The van der Waals surface area contributed by atoms with E-state index >= 15 is 0 Å². The van der Waals surface area contributed by atoms with E-state index in [0.29, 0.717) is 11.6 Å². The first-order valence-corrected chi connectivity index (χ1v) is 6.76. The zero-order chi connectivity index (χ0) is 15.2. The summed E-state index contributed by atoms with van der Waals surface area (Å²) in [7, 11) is 0. The number of halogens is 1. The molecule has 2 aromatic rings.